The second kappa shape index (κ2) is 4.66. The normalized spacial score (nSPS) is 11.3. The van der Waals surface area contributed by atoms with Gasteiger partial charge in [-0.15, -0.1) is 0 Å². The first-order chi connectivity index (χ1) is 7.29. The highest BCUT2D eigenvalue weighted by Crippen LogP contribution is 2.18. The van der Waals surface area contributed by atoms with Gasteiger partial charge in [0, 0.05) is 17.6 Å². The van der Waals surface area contributed by atoms with E-state index in [0.717, 1.165) is 11.3 Å². The van der Waals surface area contributed by atoms with Gasteiger partial charge in [0.2, 0.25) is 5.91 Å². The number of rotatable bonds is 3. The molecule has 3 nitrogen and oxygen atoms in total. The van der Waals surface area contributed by atoms with Crippen LogP contribution in [0.1, 0.15) is 31.4 Å². The average Bonchev–Trinajstić information content (AvgIpc) is 2.09. The molecule has 0 bridgehead atoms. The Hall–Kier alpha value is -1.35. The van der Waals surface area contributed by atoms with Gasteiger partial charge in [0.15, 0.2) is 0 Å². The van der Waals surface area contributed by atoms with Gasteiger partial charge < -0.3 is 11.1 Å². The smallest absolute Gasteiger partial charge is 0.226 e. The molecule has 0 saturated heterocycles. The third kappa shape index (κ3) is 3.66. The SMILES string of the molecule is Cc1cccc(NC(=O)CC(C)(C)N)c1C. The molecule has 0 aliphatic carbocycles. The number of hydrogen-bond donors (Lipinski definition) is 2. The number of anilines is 1. The van der Waals surface area contributed by atoms with Crippen LogP contribution in [-0.2, 0) is 4.79 Å². The number of nitrogens with two attached hydrogens (primary N) is 1. The zero-order chi connectivity index (χ0) is 12.3. The predicted octanol–water partition coefficient (Wildman–Crippen LogP) is 2.37. The first kappa shape index (κ1) is 12.7. The molecule has 0 radical (unpaired) electrons. The fraction of sp³-hybridized carbons (Fsp3) is 0.462. The quantitative estimate of drug-likeness (QED) is 0.821. The van der Waals surface area contributed by atoms with E-state index in [9.17, 15) is 4.79 Å². The summed E-state index contributed by atoms with van der Waals surface area (Å²) in [6, 6.07) is 5.87. The molecule has 0 aliphatic rings. The van der Waals surface area contributed by atoms with Gasteiger partial charge >= 0.3 is 0 Å². The molecule has 0 unspecified atom stereocenters. The van der Waals surface area contributed by atoms with E-state index in [4.69, 9.17) is 5.73 Å². The summed E-state index contributed by atoms with van der Waals surface area (Å²) in [6.45, 7) is 7.71. The van der Waals surface area contributed by atoms with E-state index in [0.29, 0.717) is 6.42 Å². The minimum atomic E-state index is -0.470. The number of aryl methyl sites for hydroxylation is 1. The number of benzene rings is 1. The van der Waals surface area contributed by atoms with Crippen molar-refractivity contribution in [3.63, 3.8) is 0 Å². The fourth-order valence-corrected chi connectivity index (χ4v) is 1.49. The molecular formula is C13H20N2O. The van der Waals surface area contributed by atoms with Crippen molar-refractivity contribution in [1.29, 1.82) is 0 Å². The van der Waals surface area contributed by atoms with Crippen LogP contribution in [0.3, 0.4) is 0 Å². The molecule has 0 aliphatic heterocycles. The summed E-state index contributed by atoms with van der Waals surface area (Å²) in [7, 11) is 0. The Kier molecular flexibility index (Phi) is 3.70. The van der Waals surface area contributed by atoms with Crippen molar-refractivity contribution in [2.45, 2.75) is 39.7 Å². The Morgan fingerprint density at radius 3 is 2.56 bits per heavy atom. The lowest BCUT2D eigenvalue weighted by Gasteiger charge is -2.18. The molecule has 1 rings (SSSR count). The maximum absolute atomic E-state index is 11.7. The lowest BCUT2D eigenvalue weighted by atomic mass is 10.0. The second-order valence-corrected chi connectivity index (χ2v) is 4.96. The van der Waals surface area contributed by atoms with Crippen molar-refractivity contribution < 1.29 is 4.79 Å². The average molecular weight is 220 g/mol. The van der Waals surface area contributed by atoms with Gasteiger partial charge in [-0.3, -0.25) is 4.79 Å². The summed E-state index contributed by atoms with van der Waals surface area (Å²) < 4.78 is 0. The van der Waals surface area contributed by atoms with Crippen LogP contribution in [0.5, 0.6) is 0 Å². The molecule has 0 fully saturated rings. The van der Waals surface area contributed by atoms with Gasteiger partial charge in [0.25, 0.3) is 0 Å². The van der Waals surface area contributed by atoms with Crippen molar-refractivity contribution in [1.82, 2.24) is 0 Å². The molecule has 88 valence electrons. The van der Waals surface area contributed by atoms with Gasteiger partial charge in [-0.25, -0.2) is 0 Å². The Bertz CT molecular complexity index is 391. The molecule has 0 spiro atoms. The van der Waals surface area contributed by atoms with Gasteiger partial charge in [-0.2, -0.15) is 0 Å². The molecule has 1 aromatic rings. The van der Waals surface area contributed by atoms with E-state index >= 15 is 0 Å². The van der Waals surface area contributed by atoms with Crippen LogP contribution in [0.15, 0.2) is 18.2 Å². The van der Waals surface area contributed by atoms with Crippen LogP contribution < -0.4 is 11.1 Å². The van der Waals surface area contributed by atoms with Crippen molar-refractivity contribution in [2.75, 3.05) is 5.32 Å². The van der Waals surface area contributed by atoms with Gasteiger partial charge in [-0.05, 0) is 44.9 Å². The lowest BCUT2D eigenvalue weighted by Crippen LogP contribution is -2.36. The molecule has 1 amide bonds. The van der Waals surface area contributed by atoms with Crippen LogP contribution in [0.25, 0.3) is 0 Å². The summed E-state index contributed by atoms with van der Waals surface area (Å²) >= 11 is 0. The monoisotopic (exact) mass is 220 g/mol. The number of nitrogens with one attached hydrogen (secondary N) is 1. The third-order valence-corrected chi connectivity index (χ3v) is 2.49. The number of carbonyl (C=O) groups excluding carboxylic acids is 1. The standard InChI is InChI=1S/C13H20N2O/c1-9-6-5-7-11(10(9)2)15-12(16)8-13(3,4)14/h5-7H,8,14H2,1-4H3,(H,15,16). The van der Waals surface area contributed by atoms with Crippen LogP contribution in [-0.4, -0.2) is 11.4 Å². The van der Waals surface area contributed by atoms with Crippen molar-refractivity contribution in [3.05, 3.63) is 29.3 Å². The van der Waals surface area contributed by atoms with Crippen LogP contribution >= 0.6 is 0 Å². The maximum atomic E-state index is 11.7. The summed E-state index contributed by atoms with van der Waals surface area (Å²) in [4.78, 5) is 11.7. The summed E-state index contributed by atoms with van der Waals surface area (Å²) in [5.74, 6) is -0.0406. The van der Waals surface area contributed by atoms with Gasteiger partial charge in [-0.1, -0.05) is 12.1 Å². The van der Waals surface area contributed by atoms with Crippen molar-refractivity contribution in [2.24, 2.45) is 5.73 Å². The highest BCUT2D eigenvalue weighted by Gasteiger charge is 2.16. The van der Waals surface area contributed by atoms with E-state index in [1.54, 1.807) is 0 Å². The highest BCUT2D eigenvalue weighted by atomic mass is 16.1. The van der Waals surface area contributed by atoms with E-state index in [1.165, 1.54) is 5.56 Å². The third-order valence-electron chi connectivity index (χ3n) is 2.49. The van der Waals surface area contributed by atoms with Crippen LogP contribution in [0.4, 0.5) is 5.69 Å². The molecule has 16 heavy (non-hydrogen) atoms. The van der Waals surface area contributed by atoms with E-state index in [2.05, 4.69) is 5.32 Å². The topological polar surface area (TPSA) is 55.1 Å². The fourth-order valence-electron chi connectivity index (χ4n) is 1.49. The minimum Gasteiger partial charge on any atom is -0.326 e. The van der Waals surface area contributed by atoms with Gasteiger partial charge in [0.1, 0.15) is 0 Å². The Balaban J connectivity index is 2.74. The molecule has 3 heteroatoms. The van der Waals surface area contributed by atoms with Crippen molar-refractivity contribution in [3.8, 4) is 0 Å². The Morgan fingerprint density at radius 1 is 1.38 bits per heavy atom. The molecule has 0 aromatic heterocycles. The molecule has 0 heterocycles. The molecule has 0 saturated carbocycles. The summed E-state index contributed by atoms with van der Waals surface area (Å²) in [6.07, 6.45) is 0.320. The Labute approximate surface area is 97.0 Å². The minimum absolute atomic E-state index is 0.0406. The van der Waals surface area contributed by atoms with E-state index in [-0.39, 0.29) is 5.91 Å². The lowest BCUT2D eigenvalue weighted by molar-refractivity contribution is -0.117. The largest absolute Gasteiger partial charge is 0.326 e. The van der Waals surface area contributed by atoms with Crippen LogP contribution in [0, 0.1) is 13.8 Å². The van der Waals surface area contributed by atoms with Crippen LogP contribution in [0.2, 0.25) is 0 Å². The zero-order valence-corrected chi connectivity index (χ0v) is 10.4. The molecule has 0 atom stereocenters. The predicted molar refractivity (Wildman–Crippen MR) is 67.4 cm³/mol. The maximum Gasteiger partial charge on any atom is 0.226 e. The number of amides is 1. The van der Waals surface area contributed by atoms with E-state index in [1.807, 2.05) is 45.9 Å². The first-order valence-electron chi connectivity index (χ1n) is 5.44. The number of hydrogen-bond acceptors (Lipinski definition) is 2. The van der Waals surface area contributed by atoms with Gasteiger partial charge in [0.05, 0.1) is 0 Å². The number of carbonyl (C=O) groups is 1. The van der Waals surface area contributed by atoms with Crippen molar-refractivity contribution >= 4 is 11.6 Å². The second-order valence-electron chi connectivity index (χ2n) is 4.96. The Morgan fingerprint density at radius 2 is 2.00 bits per heavy atom. The molecular weight excluding hydrogens is 200 g/mol. The molecule has 3 N–H and O–H groups in total. The highest BCUT2D eigenvalue weighted by molar-refractivity contribution is 5.92. The summed E-state index contributed by atoms with van der Waals surface area (Å²) in [5.41, 5.74) is 8.47. The first-order valence-corrected chi connectivity index (χ1v) is 5.44. The molecule has 1 aromatic carbocycles. The summed E-state index contributed by atoms with van der Waals surface area (Å²) in [5, 5.41) is 2.89. The van der Waals surface area contributed by atoms with E-state index < -0.39 is 5.54 Å². The zero-order valence-electron chi connectivity index (χ0n) is 10.4.